The molecule has 0 aliphatic heterocycles. The maximum Gasteiger partial charge on any atom is 0.407 e. The van der Waals surface area contributed by atoms with Crippen LogP contribution in [0.2, 0.25) is 0 Å². The van der Waals surface area contributed by atoms with E-state index in [1.54, 1.807) is 13.0 Å². The van der Waals surface area contributed by atoms with E-state index in [-0.39, 0.29) is 29.2 Å². The van der Waals surface area contributed by atoms with E-state index in [9.17, 15) is 19.5 Å². The molecule has 0 saturated carbocycles. The smallest absolute Gasteiger partial charge is 0.407 e. The van der Waals surface area contributed by atoms with Crippen molar-refractivity contribution < 1.29 is 33.3 Å². The van der Waals surface area contributed by atoms with Gasteiger partial charge in [0.1, 0.15) is 34.7 Å². The highest BCUT2D eigenvalue weighted by molar-refractivity contribution is 6.07. The number of phenolic OH excluding ortho intramolecular Hbond substituents is 1. The number of fused-ring (bicyclic) bond motifs is 7. The van der Waals surface area contributed by atoms with Crippen LogP contribution in [0.1, 0.15) is 44.7 Å². The maximum atomic E-state index is 13.7. The van der Waals surface area contributed by atoms with Gasteiger partial charge in [0.25, 0.3) is 0 Å². The van der Waals surface area contributed by atoms with Gasteiger partial charge >= 0.3 is 12.1 Å². The number of aromatic hydroxyl groups is 1. The summed E-state index contributed by atoms with van der Waals surface area (Å²) in [5.74, 6) is -1.53. The first-order chi connectivity index (χ1) is 23.5. The van der Waals surface area contributed by atoms with Crippen LogP contribution in [0.25, 0.3) is 43.8 Å². The molecule has 5 aromatic carbocycles. The number of phenols is 1. The van der Waals surface area contributed by atoms with Gasteiger partial charge in [0.15, 0.2) is 6.04 Å². The Kier molecular flexibility index (Phi) is 8.08. The van der Waals surface area contributed by atoms with Crippen LogP contribution in [-0.2, 0) is 14.3 Å². The van der Waals surface area contributed by atoms with E-state index >= 15 is 0 Å². The van der Waals surface area contributed by atoms with Gasteiger partial charge in [-0.05, 0) is 61.4 Å². The van der Waals surface area contributed by atoms with Crippen molar-refractivity contribution in [3.63, 3.8) is 0 Å². The van der Waals surface area contributed by atoms with Crippen molar-refractivity contribution in [2.24, 2.45) is 0 Å². The Morgan fingerprint density at radius 1 is 0.878 bits per heavy atom. The van der Waals surface area contributed by atoms with Crippen molar-refractivity contribution in [3.8, 4) is 22.6 Å². The standard InChI is InChI=1S/C40H35NO8/c1-22(49-40(2,3)4)35(41-39(45)46-21-31-28-15-9-7-13-26(28)27-14-8-10-16-29(27)31)38(44)47-24-19-32(42)34-33(20-24)48-37-25-12-6-5-11-23(25)17-18-30(37)36(34)43/h5-20,22,31,35,42H,21H2,1-4H3,(H,41,45). The fourth-order valence-electron chi connectivity index (χ4n) is 6.66. The van der Waals surface area contributed by atoms with Gasteiger partial charge in [-0.2, -0.15) is 0 Å². The number of alkyl carbamates (subject to hydrolysis) is 1. The number of carbonyl (C=O) groups is 2. The van der Waals surface area contributed by atoms with E-state index in [1.807, 2.05) is 99.6 Å². The second kappa shape index (κ2) is 12.4. The molecule has 0 bridgehead atoms. The maximum absolute atomic E-state index is 13.7. The summed E-state index contributed by atoms with van der Waals surface area (Å²) in [5.41, 5.74) is 3.61. The van der Waals surface area contributed by atoms with E-state index < -0.39 is 41.0 Å². The molecule has 9 nitrogen and oxygen atoms in total. The van der Waals surface area contributed by atoms with Crippen molar-refractivity contribution in [3.05, 3.63) is 118 Å². The lowest BCUT2D eigenvalue weighted by Crippen LogP contribution is -2.52. The quantitative estimate of drug-likeness (QED) is 0.0771. The van der Waals surface area contributed by atoms with Gasteiger partial charge in [-0.1, -0.05) is 78.9 Å². The topological polar surface area (TPSA) is 124 Å². The number of carbonyl (C=O) groups excluding carboxylic acids is 2. The molecule has 248 valence electrons. The highest BCUT2D eigenvalue weighted by atomic mass is 16.6. The van der Waals surface area contributed by atoms with Crippen molar-refractivity contribution >= 4 is 44.8 Å². The van der Waals surface area contributed by atoms with E-state index in [1.165, 1.54) is 12.1 Å². The molecule has 1 aromatic heterocycles. The van der Waals surface area contributed by atoms with Gasteiger partial charge in [0.2, 0.25) is 5.43 Å². The molecule has 1 amide bonds. The highest BCUT2D eigenvalue weighted by Gasteiger charge is 2.34. The lowest BCUT2D eigenvalue weighted by molar-refractivity contribution is -0.144. The Balaban J connectivity index is 1.15. The van der Waals surface area contributed by atoms with E-state index in [4.69, 9.17) is 18.6 Å². The van der Waals surface area contributed by atoms with E-state index in [0.29, 0.717) is 11.0 Å². The van der Waals surface area contributed by atoms with Crippen molar-refractivity contribution in [2.45, 2.75) is 51.4 Å². The molecule has 49 heavy (non-hydrogen) atoms. The molecule has 0 spiro atoms. The van der Waals surface area contributed by atoms with Gasteiger partial charge in [-0.25, -0.2) is 9.59 Å². The number of amides is 1. The fourth-order valence-corrected chi connectivity index (χ4v) is 6.66. The van der Waals surface area contributed by atoms with Crippen LogP contribution in [0.15, 0.2) is 106 Å². The van der Waals surface area contributed by atoms with Crippen LogP contribution in [0.5, 0.6) is 11.5 Å². The van der Waals surface area contributed by atoms with Gasteiger partial charge in [-0.15, -0.1) is 0 Å². The zero-order chi connectivity index (χ0) is 34.4. The monoisotopic (exact) mass is 657 g/mol. The van der Waals surface area contributed by atoms with Gasteiger partial charge in [0, 0.05) is 23.4 Å². The number of hydrogen-bond donors (Lipinski definition) is 2. The summed E-state index contributed by atoms with van der Waals surface area (Å²) in [4.78, 5) is 40.4. The third kappa shape index (κ3) is 6.09. The third-order valence-corrected chi connectivity index (χ3v) is 8.72. The van der Waals surface area contributed by atoms with Crippen molar-refractivity contribution in [1.29, 1.82) is 0 Å². The summed E-state index contributed by atoms with van der Waals surface area (Å²) in [6.45, 7) is 7.19. The number of esters is 1. The second-order valence-corrected chi connectivity index (χ2v) is 13.2. The van der Waals surface area contributed by atoms with Crippen LogP contribution in [0, 0.1) is 0 Å². The van der Waals surface area contributed by atoms with Crippen LogP contribution in [-0.4, -0.2) is 41.5 Å². The van der Waals surface area contributed by atoms with Crippen LogP contribution >= 0.6 is 0 Å². The Morgan fingerprint density at radius 2 is 1.53 bits per heavy atom. The van der Waals surface area contributed by atoms with Crippen LogP contribution in [0.4, 0.5) is 4.79 Å². The van der Waals surface area contributed by atoms with Crippen LogP contribution in [0.3, 0.4) is 0 Å². The number of nitrogens with one attached hydrogen (secondary N) is 1. The summed E-state index contributed by atoms with van der Waals surface area (Å²) in [6.07, 6.45) is -1.66. The molecular formula is C40H35NO8. The molecule has 2 atom stereocenters. The Morgan fingerprint density at radius 3 is 2.22 bits per heavy atom. The molecule has 7 rings (SSSR count). The Labute approximate surface area is 282 Å². The first-order valence-corrected chi connectivity index (χ1v) is 16.1. The molecule has 6 aromatic rings. The van der Waals surface area contributed by atoms with E-state index in [0.717, 1.165) is 33.0 Å². The summed E-state index contributed by atoms with van der Waals surface area (Å²) >= 11 is 0. The molecule has 0 saturated heterocycles. The minimum atomic E-state index is -1.29. The van der Waals surface area contributed by atoms with Gasteiger partial charge in [0.05, 0.1) is 17.1 Å². The van der Waals surface area contributed by atoms with Gasteiger partial charge < -0.3 is 29.1 Å². The number of ether oxygens (including phenoxy) is 3. The number of rotatable bonds is 7. The summed E-state index contributed by atoms with van der Waals surface area (Å²) in [5, 5.41) is 15.4. The minimum absolute atomic E-state index is 0.0386. The molecule has 0 radical (unpaired) electrons. The first kappa shape index (κ1) is 31.9. The molecular weight excluding hydrogens is 622 g/mol. The van der Waals surface area contributed by atoms with Crippen LogP contribution < -0.4 is 15.5 Å². The minimum Gasteiger partial charge on any atom is -0.507 e. The highest BCUT2D eigenvalue weighted by Crippen LogP contribution is 2.44. The zero-order valence-electron chi connectivity index (χ0n) is 27.5. The summed E-state index contributed by atoms with van der Waals surface area (Å²) in [6, 6.07) is 28.2. The molecule has 2 unspecified atom stereocenters. The largest absolute Gasteiger partial charge is 0.507 e. The molecule has 1 heterocycles. The Bertz CT molecular complexity index is 2270. The van der Waals surface area contributed by atoms with Crippen molar-refractivity contribution in [1.82, 2.24) is 5.32 Å². The third-order valence-electron chi connectivity index (χ3n) is 8.72. The second-order valence-electron chi connectivity index (χ2n) is 13.2. The molecule has 0 fully saturated rings. The summed E-state index contributed by atoms with van der Waals surface area (Å²) < 4.78 is 23.6. The van der Waals surface area contributed by atoms with E-state index in [2.05, 4.69) is 5.32 Å². The molecule has 9 heteroatoms. The lowest BCUT2D eigenvalue weighted by Gasteiger charge is -2.30. The molecule has 1 aliphatic carbocycles. The first-order valence-electron chi connectivity index (χ1n) is 16.1. The average molecular weight is 658 g/mol. The fraction of sp³-hybridized carbons (Fsp3) is 0.225. The predicted molar refractivity (Wildman–Crippen MR) is 187 cm³/mol. The average Bonchev–Trinajstić information content (AvgIpc) is 3.38. The van der Waals surface area contributed by atoms with Gasteiger partial charge in [-0.3, -0.25) is 4.79 Å². The number of hydrogen-bond acceptors (Lipinski definition) is 8. The van der Waals surface area contributed by atoms with Crippen molar-refractivity contribution in [2.75, 3.05) is 6.61 Å². The zero-order valence-corrected chi connectivity index (χ0v) is 27.5. The predicted octanol–water partition coefficient (Wildman–Crippen LogP) is 7.82. The Hall–Kier alpha value is -5.67. The lowest BCUT2D eigenvalue weighted by atomic mass is 9.98. The molecule has 1 aliphatic rings. The SMILES string of the molecule is CC(OC(C)(C)C)C(NC(=O)OCC1c2ccccc2-c2ccccc21)C(=O)Oc1cc(O)c2c(=O)c3ccc4ccccc4c3oc2c1. The normalized spacial score (nSPS) is 14.0. The number of benzene rings is 5. The molecule has 2 N–H and O–H groups in total. The summed E-state index contributed by atoms with van der Waals surface area (Å²) in [7, 11) is 0.